The van der Waals surface area contributed by atoms with Crippen LogP contribution in [0.25, 0.3) is 0 Å². The number of aliphatic hydroxyl groups is 1. The summed E-state index contributed by atoms with van der Waals surface area (Å²) in [6.07, 6.45) is 8.90. The number of hydrogen-bond donors (Lipinski definition) is 1. The highest BCUT2D eigenvalue weighted by atomic mass is 16.3. The summed E-state index contributed by atoms with van der Waals surface area (Å²) in [6.45, 7) is 8.21. The summed E-state index contributed by atoms with van der Waals surface area (Å²) in [5.74, 6) is 2.37. The Balaban J connectivity index is 1.82. The topological polar surface area (TPSA) is 23.5 Å². The average Bonchev–Trinajstić information content (AvgIpc) is 3.16. The third-order valence-electron chi connectivity index (χ3n) is 4.87. The van der Waals surface area contributed by atoms with Gasteiger partial charge in [-0.2, -0.15) is 0 Å². The summed E-state index contributed by atoms with van der Waals surface area (Å²) in [5.41, 5.74) is 0. The Hall–Kier alpha value is -0.0800. The van der Waals surface area contributed by atoms with Crippen molar-refractivity contribution in [2.45, 2.75) is 64.9 Å². The molecule has 0 aromatic rings. The molecule has 2 aliphatic carbocycles. The molecule has 0 saturated heterocycles. The molecule has 0 radical (unpaired) electrons. The van der Waals surface area contributed by atoms with Crippen molar-refractivity contribution in [3.05, 3.63) is 0 Å². The summed E-state index contributed by atoms with van der Waals surface area (Å²) in [4.78, 5) is 2.63. The molecule has 0 aromatic carbocycles. The zero-order valence-electron chi connectivity index (χ0n) is 12.3. The van der Waals surface area contributed by atoms with Crippen LogP contribution in [0.1, 0.15) is 58.8 Å². The van der Waals surface area contributed by atoms with Crippen molar-refractivity contribution in [1.82, 2.24) is 4.90 Å². The van der Waals surface area contributed by atoms with E-state index >= 15 is 0 Å². The quantitative estimate of drug-likeness (QED) is 0.752. The van der Waals surface area contributed by atoms with Gasteiger partial charge in [0.25, 0.3) is 0 Å². The lowest BCUT2D eigenvalue weighted by atomic mass is 9.78. The van der Waals surface area contributed by atoms with Crippen LogP contribution in [0, 0.1) is 17.8 Å². The molecular formula is C16H31NO. The number of nitrogens with zero attached hydrogens (tertiary/aromatic N) is 1. The van der Waals surface area contributed by atoms with Gasteiger partial charge >= 0.3 is 0 Å². The maximum absolute atomic E-state index is 10.2. The Morgan fingerprint density at radius 1 is 1.00 bits per heavy atom. The highest BCUT2D eigenvalue weighted by molar-refractivity contribution is 4.84. The molecule has 0 aromatic heterocycles. The van der Waals surface area contributed by atoms with Gasteiger partial charge < -0.3 is 10.0 Å². The Bertz CT molecular complexity index is 239. The summed E-state index contributed by atoms with van der Waals surface area (Å²) < 4.78 is 0. The second kappa shape index (κ2) is 6.91. The minimum Gasteiger partial charge on any atom is -0.393 e. The maximum Gasteiger partial charge on any atom is 0.0580 e. The molecule has 2 heteroatoms. The largest absolute Gasteiger partial charge is 0.393 e. The second-order valence-electron chi connectivity index (χ2n) is 6.62. The molecule has 2 rings (SSSR count). The molecule has 2 nitrogen and oxygen atoms in total. The first-order valence-electron chi connectivity index (χ1n) is 8.13. The van der Waals surface area contributed by atoms with Crippen LogP contribution in [-0.2, 0) is 0 Å². The first-order chi connectivity index (χ1) is 8.72. The van der Waals surface area contributed by atoms with E-state index < -0.39 is 0 Å². The Labute approximate surface area is 113 Å². The van der Waals surface area contributed by atoms with Crippen molar-refractivity contribution in [3.8, 4) is 0 Å². The first-order valence-corrected chi connectivity index (χ1v) is 8.13. The van der Waals surface area contributed by atoms with E-state index in [2.05, 4.69) is 18.7 Å². The molecule has 0 spiro atoms. The van der Waals surface area contributed by atoms with Gasteiger partial charge in [-0.15, -0.1) is 0 Å². The van der Waals surface area contributed by atoms with Crippen molar-refractivity contribution >= 4 is 0 Å². The number of aliphatic hydroxyl groups excluding tert-OH is 1. The van der Waals surface area contributed by atoms with Gasteiger partial charge in [0.15, 0.2) is 0 Å². The van der Waals surface area contributed by atoms with Gasteiger partial charge in [-0.3, -0.25) is 0 Å². The summed E-state index contributed by atoms with van der Waals surface area (Å²) in [7, 11) is 0. The molecule has 0 bridgehead atoms. The van der Waals surface area contributed by atoms with Crippen molar-refractivity contribution in [2.24, 2.45) is 17.8 Å². The van der Waals surface area contributed by atoms with E-state index in [-0.39, 0.29) is 6.10 Å². The van der Waals surface area contributed by atoms with Gasteiger partial charge in [0.2, 0.25) is 0 Å². The van der Waals surface area contributed by atoms with Gasteiger partial charge in [-0.1, -0.05) is 20.3 Å². The van der Waals surface area contributed by atoms with E-state index in [4.69, 9.17) is 0 Å². The molecule has 0 heterocycles. The SMILES string of the molecule is CCCN(CC1CC1)CC1CC(CC)CCC1O. The lowest BCUT2D eigenvalue weighted by Gasteiger charge is -2.36. The number of rotatable bonds is 7. The molecule has 2 fully saturated rings. The van der Waals surface area contributed by atoms with E-state index in [0.717, 1.165) is 24.8 Å². The van der Waals surface area contributed by atoms with E-state index in [1.54, 1.807) is 0 Å². The second-order valence-corrected chi connectivity index (χ2v) is 6.62. The minimum atomic E-state index is -0.0358. The first kappa shape index (κ1) is 14.3. The zero-order valence-corrected chi connectivity index (χ0v) is 12.3. The lowest BCUT2D eigenvalue weighted by Crippen LogP contribution is -2.40. The predicted octanol–water partition coefficient (Wildman–Crippen LogP) is 3.30. The summed E-state index contributed by atoms with van der Waals surface area (Å²) >= 11 is 0. The van der Waals surface area contributed by atoms with Crippen molar-refractivity contribution in [2.75, 3.05) is 19.6 Å². The predicted molar refractivity (Wildman–Crippen MR) is 76.6 cm³/mol. The van der Waals surface area contributed by atoms with Crippen LogP contribution < -0.4 is 0 Å². The molecule has 106 valence electrons. The third kappa shape index (κ3) is 4.24. The van der Waals surface area contributed by atoms with Crippen LogP contribution in [0.5, 0.6) is 0 Å². The smallest absolute Gasteiger partial charge is 0.0580 e. The molecule has 0 aliphatic heterocycles. The normalized spacial score (nSPS) is 33.0. The van der Waals surface area contributed by atoms with E-state index in [1.807, 2.05) is 0 Å². The molecule has 3 atom stereocenters. The average molecular weight is 253 g/mol. The molecule has 1 N–H and O–H groups in total. The highest BCUT2D eigenvalue weighted by Gasteiger charge is 2.31. The van der Waals surface area contributed by atoms with Gasteiger partial charge in [-0.05, 0) is 62.8 Å². The standard InChI is InChI=1S/C16H31NO/c1-3-9-17(11-14-5-6-14)12-15-10-13(4-2)7-8-16(15)18/h13-16,18H,3-12H2,1-2H3. The monoisotopic (exact) mass is 253 g/mol. The Morgan fingerprint density at radius 2 is 1.72 bits per heavy atom. The van der Waals surface area contributed by atoms with Crippen LogP contribution >= 0.6 is 0 Å². The molecule has 0 amide bonds. The maximum atomic E-state index is 10.2. The summed E-state index contributed by atoms with van der Waals surface area (Å²) in [6, 6.07) is 0. The highest BCUT2D eigenvalue weighted by Crippen LogP contribution is 2.34. The van der Waals surface area contributed by atoms with Gasteiger partial charge in [0.05, 0.1) is 6.10 Å². The Morgan fingerprint density at radius 3 is 2.33 bits per heavy atom. The van der Waals surface area contributed by atoms with Crippen LogP contribution in [0.4, 0.5) is 0 Å². The fraction of sp³-hybridized carbons (Fsp3) is 1.00. The van der Waals surface area contributed by atoms with E-state index in [9.17, 15) is 5.11 Å². The summed E-state index contributed by atoms with van der Waals surface area (Å²) in [5, 5.41) is 10.2. The minimum absolute atomic E-state index is 0.0358. The van der Waals surface area contributed by atoms with Crippen LogP contribution in [0.15, 0.2) is 0 Å². The van der Waals surface area contributed by atoms with Gasteiger partial charge in [-0.25, -0.2) is 0 Å². The number of hydrogen-bond acceptors (Lipinski definition) is 2. The Kier molecular flexibility index (Phi) is 5.50. The van der Waals surface area contributed by atoms with Gasteiger partial charge in [0.1, 0.15) is 0 Å². The third-order valence-corrected chi connectivity index (χ3v) is 4.87. The van der Waals surface area contributed by atoms with E-state index in [1.165, 1.54) is 51.6 Å². The molecule has 2 aliphatic rings. The molecular weight excluding hydrogens is 222 g/mol. The van der Waals surface area contributed by atoms with Crippen LogP contribution in [-0.4, -0.2) is 35.7 Å². The van der Waals surface area contributed by atoms with Crippen LogP contribution in [0.3, 0.4) is 0 Å². The van der Waals surface area contributed by atoms with E-state index in [0.29, 0.717) is 5.92 Å². The van der Waals surface area contributed by atoms with Crippen LogP contribution in [0.2, 0.25) is 0 Å². The molecule has 18 heavy (non-hydrogen) atoms. The fourth-order valence-corrected chi connectivity index (χ4v) is 3.48. The van der Waals surface area contributed by atoms with Crippen molar-refractivity contribution < 1.29 is 5.11 Å². The van der Waals surface area contributed by atoms with Crippen molar-refractivity contribution in [3.63, 3.8) is 0 Å². The van der Waals surface area contributed by atoms with Crippen molar-refractivity contribution in [1.29, 1.82) is 0 Å². The lowest BCUT2D eigenvalue weighted by molar-refractivity contribution is 0.0258. The zero-order chi connectivity index (χ0) is 13.0. The molecule has 2 saturated carbocycles. The van der Waals surface area contributed by atoms with Gasteiger partial charge in [0, 0.05) is 13.1 Å². The molecule has 3 unspecified atom stereocenters. The fourth-order valence-electron chi connectivity index (χ4n) is 3.48.